The Labute approximate surface area is 116 Å². The Balaban J connectivity index is 0.00000162. The van der Waals surface area contributed by atoms with Crippen molar-refractivity contribution in [2.24, 2.45) is 19.8 Å². The summed E-state index contributed by atoms with van der Waals surface area (Å²) >= 11 is 1.59. The van der Waals surface area contributed by atoms with Gasteiger partial charge in [-0.25, -0.2) is 0 Å². The van der Waals surface area contributed by atoms with E-state index in [4.69, 9.17) is 5.73 Å². The Hall–Kier alpha value is -1.12. The number of halogens is 1. The van der Waals surface area contributed by atoms with Gasteiger partial charge in [-0.05, 0) is 6.54 Å². The van der Waals surface area contributed by atoms with Gasteiger partial charge in [0.15, 0.2) is 5.16 Å². The van der Waals surface area contributed by atoms with Crippen molar-refractivity contribution in [3.63, 3.8) is 0 Å². The number of hydrogen-bond acceptors (Lipinski definition) is 6. The van der Waals surface area contributed by atoms with E-state index in [0.29, 0.717) is 6.54 Å². The Kier molecular flexibility index (Phi) is 5.57. The van der Waals surface area contributed by atoms with Gasteiger partial charge in [-0.2, -0.15) is 0 Å². The average Bonchev–Trinajstić information content (AvgIpc) is 2.86. The molecule has 0 aliphatic rings. The first kappa shape index (κ1) is 14.9. The SMILES string of the molecule is Cl.Cn1cnnc1CSc1nnc(CCN)n1C. The minimum absolute atomic E-state index is 0. The van der Waals surface area contributed by atoms with E-state index in [2.05, 4.69) is 20.4 Å². The molecule has 2 aromatic heterocycles. The maximum absolute atomic E-state index is 5.50. The molecule has 100 valence electrons. The molecule has 0 aliphatic heterocycles. The Morgan fingerprint density at radius 1 is 1.22 bits per heavy atom. The highest BCUT2D eigenvalue weighted by molar-refractivity contribution is 7.98. The van der Waals surface area contributed by atoms with Gasteiger partial charge in [-0.15, -0.1) is 32.8 Å². The van der Waals surface area contributed by atoms with Gasteiger partial charge in [0.1, 0.15) is 18.0 Å². The van der Waals surface area contributed by atoms with Crippen LogP contribution in [-0.2, 0) is 26.3 Å². The lowest BCUT2D eigenvalue weighted by molar-refractivity contribution is 0.726. The lowest BCUT2D eigenvalue weighted by Crippen LogP contribution is -2.08. The highest BCUT2D eigenvalue weighted by atomic mass is 35.5. The molecule has 0 bridgehead atoms. The number of thioether (sulfide) groups is 1. The average molecular weight is 290 g/mol. The van der Waals surface area contributed by atoms with Gasteiger partial charge in [0.25, 0.3) is 0 Å². The van der Waals surface area contributed by atoms with E-state index in [1.807, 2.05) is 23.2 Å². The molecule has 2 N–H and O–H groups in total. The van der Waals surface area contributed by atoms with Gasteiger partial charge >= 0.3 is 0 Å². The van der Waals surface area contributed by atoms with Crippen molar-refractivity contribution in [1.29, 1.82) is 0 Å². The second kappa shape index (κ2) is 6.72. The molecular weight excluding hydrogens is 274 g/mol. The van der Waals surface area contributed by atoms with E-state index in [1.54, 1.807) is 18.1 Å². The molecule has 0 saturated carbocycles. The lowest BCUT2D eigenvalue weighted by Gasteiger charge is -2.02. The third-order valence-corrected chi connectivity index (χ3v) is 3.44. The zero-order valence-electron chi connectivity index (χ0n) is 10.3. The zero-order chi connectivity index (χ0) is 12.3. The summed E-state index contributed by atoms with van der Waals surface area (Å²) in [6, 6.07) is 0. The van der Waals surface area contributed by atoms with E-state index in [9.17, 15) is 0 Å². The van der Waals surface area contributed by atoms with Crippen LogP contribution in [-0.4, -0.2) is 36.1 Å². The van der Waals surface area contributed by atoms with Crippen LogP contribution in [0.3, 0.4) is 0 Å². The zero-order valence-corrected chi connectivity index (χ0v) is 11.9. The van der Waals surface area contributed by atoms with Crippen molar-refractivity contribution in [3.05, 3.63) is 18.0 Å². The van der Waals surface area contributed by atoms with Crippen LogP contribution in [0.2, 0.25) is 0 Å². The van der Waals surface area contributed by atoms with Crippen LogP contribution in [0, 0.1) is 0 Å². The van der Waals surface area contributed by atoms with E-state index in [1.165, 1.54) is 0 Å². The second-order valence-corrected chi connectivity index (χ2v) is 4.59. The van der Waals surface area contributed by atoms with Gasteiger partial charge in [0.05, 0.1) is 5.75 Å². The summed E-state index contributed by atoms with van der Waals surface area (Å²) in [5.41, 5.74) is 5.50. The molecule has 0 radical (unpaired) electrons. The van der Waals surface area contributed by atoms with Gasteiger partial charge in [0.2, 0.25) is 0 Å². The summed E-state index contributed by atoms with van der Waals surface area (Å²) in [5.74, 6) is 2.55. The second-order valence-electron chi connectivity index (χ2n) is 3.64. The Bertz CT molecular complexity index is 495. The number of rotatable bonds is 5. The topological polar surface area (TPSA) is 87.4 Å². The van der Waals surface area contributed by atoms with Crippen LogP contribution in [0.15, 0.2) is 11.5 Å². The number of hydrogen-bond donors (Lipinski definition) is 1. The first-order chi connectivity index (χ1) is 8.22. The largest absolute Gasteiger partial charge is 0.330 e. The van der Waals surface area contributed by atoms with Gasteiger partial charge < -0.3 is 14.9 Å². The molecule has 2 rings (SSSR count). The summed E-state index contributed by atoms with van der Waals surface area (Å²) in [6.45, 7) is 0.583. The van der Waals surface area contributed by atoms with Gasteiger partial charge in [-0.1, -0.05) is 11.8 Å². The molecule has 0 unspecified atom stereocenters. The predicted molar refractivity (Wildman–Crippen MR) is 71.6 cm³/mol. The first-order valence-corrected chi connectivity index (χ1v) is 6.25. The summed E-state index contributed by atoms with van der Waals surface area (Å²) in [7, 11) is 3.87. The highest BCUT2D eigenvalue weighted by Crippen LogP contribution is 2.19. The quantitative estimate of drug-likeness (QED) is 0.789. The van der Waals surface area contributed by atoms with Gasteiger partial charge in [0, 0.05) is 20.5 Å². The van der Waals surface area contributed by atoms with E-state index >= 15 is 0 Å². The summed E-state index contributed by atoms with van der Waals surface area (Å²) in [6.07, 6.45) is 2.43. The fourth-order valence-electron chi connectivity index (χ4n) is 1.38. The number of nitrogens with two attached hydrogens (primary N) is 1. The third-order valence-electron chi connectivity index (χ3n) is 2.43. The molecule has 18 heavy (non-hydrogen) atoms. The standard InChI is InChI=1S/C9H15N7S.ClH/c1-15-6-11-12-8(15)5-17-9-14-13-7(3-4-10)16(9)2;/h6H,3-5,10H2,1-2H3;1H. The summed E-state index contributed by atoms with van der Waals surface area (Å²) < 4.78 is 3.86. The van der Waals surface area contributed by atoms with Crippen molar-refractivity contribution in [2.75, 3.05) is 6.54 Å². The lowest BCUT2D eigenvalue weighted by atomic mass is 10.4. The van der Waals surface area contributed by atoms with E-state index in [-0.39, 0.29) is 12.4 Å². The van der Waals surface area contributed by atoms with Crippen molar-refractivity contribution in [2.45, 2.75) is 17.3 Å². The molecule has 0 atom stereocenters. The number of aromatic nitrogens is 6. The fraction of sp³-hybridized carbons (Fsp3) is 0.556. The highest BCUT2D eigenvalue weighted by Gasteiger charge is 2.10. The van der Waals surface area contributed by atoms with Crippen LogP contribution in [0.25, 0.3) is 0 Å². The van der Waals surface area contributed by atoms with Crippen molar-refractivity contribution in [3.8, 4) is 0 Å². The first-order valence-electron chi connectivity index (χ1n) is 5.26. The molecule has 2 aromatic rings. The van der Waals surface area contributed by atoms with Crippen molar-refractivity contribution in [1.82, 2.24) is 29.5 Å². The van der Waals surface area contributed by atoms with Crippen LogP contribution >= 0.6 is 24.2 Å². The minimum atomic E-state index is 0. The normalized spacial score (nSPS) is 10.4. The van der Waals surface area contributed by atoms with Crippen LogP contribution in [0.1, 0.15) is 11.6 Å². The molecule has 9 heteroatoms. The number of nitrogens with zero attached hydrogens (tertiary/aromatic N) is 6. The van der Waals surface area contributed by atoms with Crippen LogP contribution < -0.4 is 5.73 Å². The molecule has 0 saturated heterocycles. The van der Waals surface area contributed by atoms with Crippen LogP contribution in [0.5, 0.6) is 0 Å². The Morgan fingerprint density at radius 2 is 2.00 bits per heavy atom. The summed E-state index contributed by atoms with van der Waals surface area (Å²) in [4.78, 5) is 0. The predicted octanol–water partition coefficient (Wildman–Crippen LogP) is 0.159. The van der Waals surface area contributed by atoms with E-state index < -0.39 is 0 Å². The van der Waals surface area contributed by atoms with Crippen molar-refractivity contribution < 1.29 is 0 Å². The molecule has 0 amide bonds. The molecule has 0 aliphatic carbocycles. The minimum Gasteiger partial charge on any atom is -0.330 e. The molecule has 7 nitrogen and oxygen atoms in total. The van der Waals surface area contributed by atoms with Crippen molar-refractivity contribution >= 4 is 24.2 Å². The molecule has 0 fully saturated rings. The maximum Gasteiger partial charge on any atom is 0.191 e. The third kappa shape index (κ3) is 3.21. The monoisotopic (exact) mass is 289 g/mol. The molecule has 0 spiro atoms. The maximum atomic E-state index is 5.50. The van der Waals surface area contributed by atoms with E-state index in [0.717, 1.165) is 29.0 Å². The smallest absolute Gasteiger partial charge is 0.191 e. The molecular formula is C9H16ClN7S. The Morgan fingerprint density at radius 3 is 2.61 bits per heavy atom. The molecule has 2 heterocycles. The number of aryl methyl sites for hydroxylation is 1. The molecule has 0 aromatic carbocycles. The fourth-order valence-corrected chi connectivity index (χ4v) is 2.30. The van der Waals surface area contributed by atoms with Gasteiger partial charge in [-0.3, -0.25) is 0 Å². The summed E-state index contributed by atoms with van der Waals surface area (Å²) in [5, 5.41) is 16.9. The van der Waals surface area contributed by atoms with Crippen LogP contribution in [0.4, 0.5) is 0 Å².